The first-order valence-electron chi connectivity index (χ1n) is 10.6. The molecule has 1 heterocycles. The van der Waals surface area contributed by atoms with E-state index >= 15 is 0 Å². The predicted octanol–water partition coefficient (Wildman–Crippen LogP) is 5.61. The first-order chi connectivity index (χ1) is 15.1. The van der Waals surface area contributed by atoms with E-state index in [9.17, 15) is 4.79 Å². The van der Waals surface area contributed by atoms with Crippen LogP contribution in [0.25, 0.3) is 21.8 Å². The summed E-state index contributed by atoms with van der Waals surface area (Å²) in [6.45, 7) is 7.91. The van der Waals surface area contributed by atoms with Gasteiger partial charge in [-0.1, -0.05) is 38.1 Å². The maximum absolute atomic E-state index is 12.4. The summed E-state index contributed by atoms with van der Waals surface area (Å²) in [5.74, 6) is 0.957. The molecule has 1 aromatic heterocycles. The van der Waals surface area contributed by atoms with E-state index in [0.29, 0.717) is 18.1 Å². The molecular weight excluding hydrogens is 386 g/mol. The van der Waals surface area contributed by atoms with Crippen molar-refractivity contribution in [1.29, 1.82) is 0 Å². The summed E-state index contributed by atoms with van der Waals surface area (Å²) in [6, 6.07) is 21.7. The number of rotatable bonds is 7. The summed E-state index contributed by atoms with van der Waals surface area (Å²) in [5, 5.41) is 6.56. The van der Waals surface area contributed by atoms with Crippen LogP contribution in [0, 0.1) is 5.92 Å². The molecule has 31 heavy (non-hydrogen) atoms. The minimum Gasteiger partial charge on any atom is -0.493 e. The smallest absolute Gasteiger partial charge is 0.271 e. The molecule has 1 amide bonds. The number of nitrogens with zero attached hydrogens (tertiary/aromatic N) is 2. The number of hydrogen-bond acceptors (Lipinski definition) is 3. The van der Waals surface area contributed by atoms with Gasteiger partial charge in [0.25, 0.3) is 5.91 Å². The highest BCUT2D eigenvalue weighted by molar-refractivity contribution is 6.09. The van der Waals surface area contributed by atoms with Crippen molar-refractivity contribution in [3.05, 3.63) is 77.9 Å². The van der Waals surface area contributed by atoms with Gasteiger partial charge in [0.1, 0.15) is 5.75 Å². The number of amides is 1. The van der Waals surface area contributed by atoms with Crippen LogP contribution < -0.4 is 10.2 Å². The van der Waals surface area contributed by atoms with Gasteiger partial charge in [-0.15, -0.1) is 0 Å². The Balaban J connectivity index is 1.47. The molecule has 0 aliphatic rings. The molecule has 0 saturated carbocycles. The number of ether oxygens (including phenoxy) is 1. The fourth-order valence-corrected chi connectivity index (χ4v) is 3.69. The molecule has 0 unspecified atom stereocenters. The number of hydrogen-bond donors (Lipinski definition) is 1. The summed E-state index contributed by atoms with van der Waals surface area (Å²) < 4.78 is 7.96. The minimum atomic E-state index is -0.254. The Kier molecular flexibility index (Phi) is 6.03. The highest BCUT2D eigenvalue weighted by Crippen LogP contribution is 2.29. The summed E-state index contributed by atoms with van der Waals surface area (Å²) in [5.41, 5.74) is 6.50. The zero-order valence-corrected chi connectivity index (χ0v) is 18.1. The van der Waals surface area contributed by atoms with E-state index < -0.39 is 0 Å². The number of carbonyl (C=O) groups excluding carboxylic acids is 1. The van der Waals surface area contributed by atoms with Crippen molar-refractivity contribution >= 4 is 33.9 Å². The van der Waals surface area contributed by atoms with E-state index in [1.54, 1.807) is 30.5 Å². The van der Waals surface area contributed by atoms with Gasteiger partial charge in [-0.25, -0.2) is 5.43 Å². The lowest BCUT2D eigenvalue weighted by Gasteiger charge is -2.08. The number of para-hydroxylation sites is 1. The number of aryl methyl sites for hydroxylation is 1. The van der Waals surface area contributed by atoms with E-state index in [1.807, 2.05) is 6.07 Å². The number of nitrogens with one attached hydrogen (secondary N) is 1. The second-order valence-electron chi connectivity index (χ2n) is 7.97. The summed E-state index contributed by atoms with van der Waals surface area (Å²) >= 11 is 0. The van der Waals surface area contributed by atoms with Gasteiger partial charge in [-0.3, -0.25) is 4.79 Å². The molecule has 4 rings (SSSR count). The normalized spacial score (nSPS) is 11.6. The van der Waals surface area contributed by atoms with E-state index in [0.717, 1.165) is 17.9 Å². The van der Waals surface area contributed by atoms with Crippen molar-refractivity contribution in [2.75, 3.05) is 6.61 Å². The molecule has 0 radical (unpaired) electrons. The number of benzene rings is 3. The highest BCUT2D eigenvalue weighted by Gasteiger charge is 2.09. The molecule has 3 aromatic carbocycles. The fourth-order valence-electron chi connectivity index (χ4n) is 3.69. The molecule has 1 N–H and O–H groups in total. The van der Waals surface area contributed by atoms with E-state index in [-0.39, 0.29) is 5.91 Å². The number of fused-ring (bicyclic) bond motifs is 3. The van der Waals surface area contributed by atoms with Crippen LogP contribution in [0.3, 0.4) is 0 Å². The SMILES string of the molecule is CCn1c2ccccc2c2cc(C=NNC(=O)c3ccc(OCC(C)C)cc3)ccc21. The molecule has 4 aromatic rings. The van der Waals surface area contributed by atoms with Gasteiger partial charge in [-0.05, 0) is 60.9 Å². The van der Waals surface area contributed by atoms with Crippen molar-refractivity contribution in [3.63, 3.8) is 0 Å². The lowest BCUT2D eigenvalue weighted by molar-refractivity contribution is 0.0955. The molecule has 0 fully saturated rings. The Morgan fingerprint density at radius 1 is 1.03 bits per heavy atom. The number of carbonyl (C=O) groups is 1. The molecule has 0 bridgehead atoms. The van der Waals surface area contributed by atoms with Crippen LogP contribution in [0.5, 0.6) is 5.75 Å². The molecule has 0 atom stereocenters. The van der Waals surface area contributed by atoms with Gasteiger partial charge in [0.15, 0.2) is 0 Å². The minimum absolute atomic E-state index is 0.254. The van der Waals surface area contributed by atoms with Crippen LogP contribution in [-0.2, 0) is 6.54 Å². The Hall–Kier alpha value is -3.60. The first kappa shape index (κ1) is 20.7. The van der Waals surface area contributed by atoms with Crippen LogP contribution >= 0.6 is 0 Å². The van der Waals surface area contributed by atoms with Crippen molar-refractivity contribution < 1.29 is 9.53 Å². The molecule has 158 valence electrons. The molecule has 0 saturated heterocycles. The van der Waals surface area contributed by atoms with Gasteiger partial charge in [-0.2, -0.15) is 5.10 Å². The second-order valence-corrected chi connectivity index (χ2v) is 7.97. The van der Waals surface area contributed by atoms with Gasteiger partial charge >= 0.3 is 0 Å². The third-order valence-electron chi connectivity index (χ3n) is 5.19. The lowest BCUT2D eigenvalue weighted by Crippen LogP contribution is -2.17. The average Bonchev–Trinajstić information content (AvgIpc) is 3.11. The summed E-state index contributed by atoms with van der Waals surface area (Å²) in [4.78, 5) is 12.4. The third kappa shape index (κ3) is 4.45. The summed E-state index contributed by atoms with van der Waals surface area (Å²) in [7, 11) is 0. The van der Waals surface area contributed by atoms with Crippen LogP contribution in [0.15, 0.2) is 71.8 Å². The quantitative estimate of drug-likeness (QED) is 0.316. The van der Waals surface area contributed by atoms with E-state index in [2.05, 4.69) is 72.3 Å². The summed E-state index contributed by atoms with van der Waals surface area (Å²) in [6.07, 6.45) is 1.68. The van der Waals surface area contributed by atoms with Crippen molar-refractivity contribution in [3.8, 4) is 5.75 Å². The maximum Gasteiger partial charge on any atom is 0.271 e. The Morgan fingerprint density at radius 3 is 2.52 bits per heavy atom. The van der Waals surface area contributed by atoms with Gasteiger partial charge in [0.2, 0.25) is 0 Å². The van der Waals surface area contributed by atoms with Crippen LogP contribution in [0.4, 0.5) is 0 Å². The van der Waals surface area contributed by atoms with Gasteiger partial charge in [0.05, 0.1) is 12.8 Å². The Bertz CT molecular complexity index is 1240. The predicted molar refractivity (Wildman–Crippen MR) is 127 cm³/mol. The Labute approximate surface area is 182 Å². The van der Waals surface area contributed by atoms with Crippen molar-refractivity contribution in [1.82, 2.24) is 9.99 Å². The number of aromatic nitrogens is 1. The molecule has 5 nitrogen and oxygen atoms in total. The topological polar surface area (TPSA) is 55.6 Å². The molecule has 0 spiro atoms. The number of hydrazone groups is 1. The Morgan fingerprint density at radius 2 is 1.77 bits per heavy atom. The average molecular weight is 414 g/mol. The standard InChI is InChI=1S/C26H27N3O2/c1-4-29-24-8-6-5-7-22(24)23-15-19(9-14-25(23)29)16-27-28-26(30)20-10-12-21(13-11-20)31-17-18(2)3/h5-16,18H,4,17H2,1-3H3,(H,28,30). The van der Waals surface area contributed by atoms with E-state index in [1.165, 1.54) is 21.8 Å². The van der Waals surface area contributed by atoms with Crippen LogP contribution in [-0.4, -0.2) is 23.3 Å². The monoisotopic (exact) mass is 413 g/mol. The molecule has 5 heteroatoms. The van der Waals surface area contributed by atoms with Gasteiger partial charge < -0.3 is 9.30 Å². The first-order valence-corrected chi connectivity index (χ1v) is 10.6. The maximum atomic E-state index is 12.4. The van der Waals surface area contributed by atoms with Gasteiger partial charge in [0, 0.05) is 33.9 Å². The zero-order chi connectivity index (χ0) is 21.8. The molecular formula is C26H27N3O2. The third-order valence-corrected chi connectivity index (χ3v) is 5.19. The zero-order valence-electron chi connectivity index (χ0n) is 18.1. The van der Waals surface area contributed by atoms with Crippen LogP contribution in [0.1, 0.15) is 36.7 Å². The molecule has 0 aliphatic carbocycles. The lowest BCUT2D eigenvalue weighted by atomic mass is 10.1. The second kappa shape index (κ2) is 9.04. The van der Waals surface area contributed by atoms with E-state index in [4.69, 9.17) is 4.74 Å². The largest absolute Gasteiger partial charge is 0.493 e. The molecule has 0 aliphatic heterocycles. The fraction of sp³-hybridized carbons (Fsp3) is 0.231. The van der Waals surface area contributed by atoms with Crippen LogP contribution in [0.2, 0.25) is 0 Å². The van der Waals surface area contributed by atoms with Crippen molar-refractivity contribution in [2.45, 2.75) is 27.3 Å². The van der Waals surface area contributed by atoms with Crippen molar-refractivity contribution in [2.24, 2.45) is 11.0 Å². The highest BCUT2D eigenvalue weighted by atomic mass is 16.5.